The standard InChI is InChI=1S/C10H6Cl2N4/c1-5-2-3-6-7(4-5)8(11)15-16-9(6)13-14-10(16)12/h2-4H,1H3. The molecule has 0 saturated carbocycles. The number of rotatable bonds is 0. The zero-order valence-corrected chi connectivity index (χ0v) is 9.79. The SMILES string of the molecule is Cc1ccc2c(c1)c(Cl)nn1c(Cl)nnc21. The van der Waals surface area contributed by atoms with Crippen molar-refractivity contribution in [1.82, 2.24) is 19.8 Å². The summed E-state index contributed by atoms with van der Waals surface area (Å²) < 4.78 is 1.43. The Bertz CT molecular complexity index is 705. The van der Waals surface area contributed by atoms with Crippen LogP contribution >= 0.6 is 23.2 Å². The molecular weight excluding hydrogens is 247 g/mol. The molecule has 4 nitrogen and oxygen atoms in total. The molecule has 16 heavy (non-hydrogen) atoms. The van der Waals surface area contributed by atoms with Crippen molar-refractivity contribution < 1.29 is 0 Å². The van der Waals surface area contributed by atoms with E-state index in [1.54, 1.807) is 0 Å². The van der Waals surface area contributed by atoms with E-state index in [4.69, 9.17) is 23.2 Å². The lowest BCUT2D eigenvalue weighted by molar-refractivity contribution is 0.937. The first-order valence-corrected chi connectivity index (χ1v) is 5.39. The molecule has 3 aromatic rings. The second-order valence-electron chi connectivity index (χ2n) is 3.54. The molecule has 0 aliphatic rings. The van der Waals surface area contributed by atoms with Crippen molar-refractivity contribution in [2.24, 2.45) is 0 Å². The quantitative estimate of drug-likeness (QED) is 0.618. The van der Waals surface area contributed by atoms with Gasteiger partial charge in [0.15, 0.2) is 10.8 Å². The van der Waals surface area contributed by atoms with E-state index in [1.165, 1.54) is 4.52 Å². The largest absolute Gasteiger partial charge is 0.246 e. The maximum atomic E-state index is 6.09. The molecule has 3 rings (SSSR count). The minimum Gasteiger partial charge on any atom is -0.181 e. The number of hydrogen-bond donors (Lipinski definition) is 0. The van der Waals surface area contributed by atoms with Gasteiger partial charge in [0, 0.05) is 10.8 Å². The third-order valence-electron chi connectivity index (χ3n) is 2.43. The fourth-order valence-corrected chi connectivity index (χ4v) is 2.07. The first kappa shape index (κ1) is 9.81. The van der Waals surface area contributed by atoms with Crippen molar-refractivity contribution in [2.45, 2.75) is 6.92 Å². The van der Waals surface area contributed by atoms with Gasteiger partial charge in [0.1, 0.15) is 0 Å². The van der Waals surface area contributed by atoms with Gasteiger partial charge in [-0.2, -0.15) is 9.61 Å². The van der Waals surface area contributed by atoms with E-state index in [1.807, 2.05) is 25.1 Å². The van der Waals surface area contributed by atoms with Crippen molar-refractivity contribution in [1.29, 1.82) is 0 Å². The van der Waals surface area contributed by atoms with Crippen LogP contribution in [0.5, 0.6) is 0 Å². The van der Waals surface area contributed by atoms with Crippen LogP contribution in [-0.4, -0.2) is 19.8 Å². The Hall–Kier alpha value is -1.39. The minimum absolute atomic E-state index is 0.208. The van der Waals surface area contributed by atoms with Crippen LogP contribution < -0.4 is 0 Å². The van der Waals surface area contributed by atoms with Gasteiger partial charge in [-0.05, 0) is 24.6 Å². The lowest BCUT2D eigenvalue weighted by atomic mass is 10.1. The molecule has 1 aromatic carbocycles. The van der Waals surface area contributed by atoms with E-state index < -0.39 is 0 Å². The van der Waals surface area contributed by atoms with Crippen LogP contribution in [-0.2, 0) is 0 Å². The molecule has 0 aliphatic carbocycles. The summed E-state index contributed by atoms with van der Waals surface area (Å²) in [5.41, 5.74) is 1.73. The summed E-state index contributed by atoms with van der Waals surface area (Å²) in [5.74, 6) is 0. The smallest absolute Gasteiger partial charge is 0.181 e. The molecular formula is C10H6Cl2N4. The van der Waals surface area contributed by atoms with Crippen molar-refractivity contribution in [3.05, 3.63) is 34.2 Å². The predicted octanol–water partition coefficient (Wildman–Crippen LogP) is 2.89. The van der Waals surface area contributed by atoms with Crippen LogP contribution in [0.4, 0.5) is 0 Å². The Balaban J connectivity index is 2.60. The summed E-state index contributed by atoms with van der Waals surface area (Å²) in [6.07, 6.45) is 0. The number of halogens is 2. The van der Waals surface area contributed by atoms with Gasteiger partial charge in [-0.15, -0.1) is 10.2 Å². The Morgan fingerprint density at radius 1 is 1.12 bits per heavy atom. The van der Waals surface area contributed by atoms with Crippen LogP contribution in [0.2, 0.25) is 10.4 Å². The highest BCUT2D eigenvalue weighted by molar-refractivity contribution is 6.35. The van der Waals surface area contributed by atoms with E-state index in [-0.39, 0.29) is 5.28 Å². The number of aromatic nitrogens is 4. The van der Waals surface area contributed by atoms with Crippen molar-refractivity contribution in [3.8, 4) is 0 Å². The summed E-state index contributed by atoms with van der Waals surface area (Å²) in [6.45, 7) is 2.00. The van der Waals surface area contributed by atoms with Crippen molar-refractivity contribution in [3.63, 3.8) is 0 Å². The maximum absolute atomic E-state index is 6.09. The summed E-state index contributed by atoms with van der Waals surface area (Å²) in [7, 11) is 0. The normalized spacial score (nSPS) is 11.4. The second-order valence-corrected chi connectivity index (χ2v) is 4.24. The molecule has 0 fully saturated rings. The topological polar surface area (TPSA) is 43.1 Å². The molecule has 0 atom stereocenters. The molecule has 0 aliphatic heterocycles. The molecule has 0 radical (unpaired) electrons. The molecule has 0 amide bonds. The minimum atomic E-state index is 0.208. The maximum Gasteiger partial charge on any atom is 0.246 e. The molecule has 80 valence electrons. The van der Waals surface area contributed by atoms with Crippen LogP contribution in [0, 0.1) is 6.92 Å². The number of hydrogen-bond acceptors (Lipinski definition) is 3. The fraction of sp³-hybridized carbons (Fsp3) is 0.100. The van der Waals surface area contributed by atoms with Gasteiger partial charge >= 0.3 is 0 Å². The number of benzene rings is 1. The first-order valence-electron chi connectivity index (χ1n) is 4.63. The molecule has 0 unspecified atom stereocenters. The highest BCUT2D eigenvalue weighted by Crippen LogP contribution is 2.26. The zero-order chi connectivity index (χ0) is 11.3. The number of nitrogens with zero attached hydrogens (tertiary/aromatic N) is 4. The lowest BCUT2D eigenvalue weighted by Crippen LogP contribution is -1.94. The third-order valence-corrected chi connectivity index (χ3v) is 2.94. The number of aryl methyl sites for hydroxylation is 1. The van der Waals surface area contributed by atoms with Gasteiger partial charge in [0.05, 0.1) is 0 Å². The van der Waals surface area contributed by atoms with Crippen LogP contribution in [0.3, 0.4) is 0 Å². The molecule has 2 heterocycles. The van der Waals surface area contributed by atoms with Gasteiger partial charge in [0.25, 0.3) is 0 Å². The second kappa shape index (κ2) is 3.30. The molecule has 6 heteroatoms. The molecule has 0 N–H and O–H groups in total. The highest BCUT2D eigenvalue weighted by Gasteiger charge is 2.11. The summed E-state index contributed by atoms with van der Waals surface area (Å²) in [6, 6.07) is 5.90. The Labute approximate surface area is 101 Å². The van der Waals surface area contributed by atoms with Gasteiger partial charge in [-0.1, -0.05) is 29.3 Å². The summed E-state index contributed by atoms with van der Waals surface area (Å²) >= 11 is 11.9. The Kier molecular flexibility index (Phi) is 2.02. The molecule has 0 bridgehead atoms. The molecule has 0 spiro atoms. The van der Waals surface area contributed by atoms with E-state index in [2.05, 4.69) is 15.3 Å². The Morgan fingerprint density at radius 3 is 2.75 bits per heavy atom. The van der Waals surface area contributed by atoms with Gasteiger partial charge < -0.3 is 0 Å². The highest BCUT2D eigenvalue weighted by atomic mass is 35.5. The summed E-state index contributed by atoms with van der Waals surface area (Å²) in [4.78, 5) is 0. The van der Waals surface area contributed by atoms with Crippen LogP contribution in [0.15, 0.2) is 18.2 Å². The summed E-state index contributed by atoms with van der Waals surface area (Å²) in [5, 5.41) is 14.2. The molecule has 0 saturated heterocycles. The van der Waals surface area contributed by atoms with Crippen molar-refractivity contribution >= 4 is 39.6 Å². The monoisotopic (exact) mass is 252 g/mol. The van der Waals surface area contributed by atoms with Gasteiger partial charge in [0.2, 0.25) is 5.28 Å². The van der Waals surface area contributed by atoms with E-state index in [9.17, 15) is 0 Å². The fourth-order valence-electron chi connectivity index (χ4n) is 1.68. The van der Waals surface area contributed by atoms with E-state index in [0.717, 1.165) is 16.3 Å². The third kappa shape index (κ3) is 1.27. The van der Waals surface area contributed by atoms with Crippen LogP contribution in [0.25, 0.3) is 16.4 Å². The average Bonchev–Trinajstić information content (AvgIpc) is 2.61. The van der Waals surface area contributed by atoms with E-state index >= 15 is 0 Å². The molecule has 2 aromatic heterocycles. The lowest BCUT2D eigenvalue weighted by Gasteiger charge is -2.02. The average molecular weight is 253 g/mol. The van der Waals surface area contributed by atoms with E-state index in [0.29, 0.717) is 10.8 Å². The number of fused-ring (bicyclic) bond motifs is 3. The van der Waals surface area contributed by atoms with Gasteiger partial charge in [-0.3, -0.25) is 0 Å². The van der Waals surface area contributed by atoms with Crippen molar-refractivity contribution in [2.75, 3.05) is 0 Å². The predicted molar refractivity (Wildman–Crippen MR) is 63.0 cm³/mol. The van der Waals surface area contributed by atoms with Crippen LogP contribution in [0.1, 0.15) is 5.56 Å². The first-order chi connectivity index (χ1) is 7.66. The zero-order valence-electron chi connectivity index (χ0n) is 8.28. The van der Waals surface area contributed by atoms with Gasteiger partial charge in [-0.25, -0.2) is 0 Å². The Morgan fingerprint density at radius 2 is 1.94 bits per heavy atom.